The van der Waals surface area contributed by atoms with E-state index in [2.05, 4.69) is 10.6 Å². The molecule has 0 spiro atoms. The zero-order chi connectivity index (χ0) is 30.4. The average Bonchev–Trinajstić information content (AvgIpc) is 2.94. The van der Waals surface area contributed by atoms with Crippen LogP contribution in [0.2, 0.25) is 0 Å². The minimum absolute atomic E-state index is 0.0210. The molecule has 0 radical (unpaired) electrons. The number of nitro benzene ring substituents is 1. The maximum atomic E-state index is 14.0. The molecule has 3 aromatic rings. The van der Waals surface area contributed by atoms with Gasteiger partial charge in [-0.3, -0.25) is 24.5 Å². The third kappa shape index (κ3) is 6.26. The van der Waals surface area contributed by atoms with Crippen molar-refractivity contribution in [3.8, 4) is 11.5 Å². The molecular weight excluding hydrogens is 542 g/mol. The van der Waals surface area contributed by atoms with E-state index >= 15 is 0 Å². The number of rotatable bonds is 10. The first-order valence-electron chi connectivity index (χ1n) is 13.6. The fourth-order valence-electron chi connectivity index (χ4n) is 5.53. The van der Waals surface area contributed by atoms with Gasteiger partial charge in [-0.25, -0.2) is 0 Å². The summed E-state index contributed by atoms with van der Waals surface area (Å²) in [6.07, 6.45) is -0.527. The number of Topliss-reactive ketones (excluding diaryl/α,β-unsaturated/α-hetero) is 1. The van der Waals surface area contributed by atoms with Crippen LogP contribution in [-0.2, 0) is 14.4 Å². The van der Waals surface area contributed by atoms with Crippen molar-refractivity contribution in [1.29, 1.82) is 0 Å². The molecule has 1 fully saturated rings. The van der Waals surface area contributed by atoms with E-state index in [1.807, 2.05) is 0 Å². The maximum absolute atomic E-state index is 14.0. The SMILES string of the molecule is CCOc1ccccc1NC(=O)C1C(=O)CC(C)(O)C(C(=O)Nc2ccccc2OCC)C1c1ccccc1[N+](=O)[O-]. The van der Waals surface area contributed by atoms with Crippen LogP contribution >= 0.6 is 0 Å². The van der Waals surface area contributed by atoms with Gasteiger partial charge in [-0.05, 0) is 45.0 Å². The Morgan fingerprint density at radius 2 is 1.40 bits per heavy atom. The molecule has 4 atom stereocenters. The highest BCUT2D eigenvalue weighted by Crippen LogP contribution is 2.49. The predicted molar refractivity (Wildman–Crippen MR) is 156 cm³/mol. The largest absolute Gasteiger partial charge is 0.492 e. The van der Waals surface area contributed by atoms with E-state index in [4.69, 9.17) is 9.47 Å². The van der Waals surface area contributed by atoms with Crippen LogP contribution in [0.25, 0.3) is 0 Å². The van der Waals surface area contributed by atoms with Gasteiger partial charge in [-0.1, -0.05) is 42.5 Å². The molecule has 3 N–H and O–H groups in total. The molecule has 1 saturated carbocycles. The summed E-state index contributed by atoms with van der Waals surface area (Å²) in [4.78, 5) is 53.0. The maximum Gasteiger partial charge on any atom is 0.272 e. The summed E-state index contributed by atoms with van der Waals surface area (Å²) in [5.41, 5.74) is -1.75. The quantitative estimate of drug-likeness (QED) is 0.178. The zero-order valence-corrected chi connectivity index (χ0v) is 23.5. The first-order chi connectivity index (χ1) is 20.1. The fourth-order valence-corrected chi connectivity index (χ4v) is 5.53. The first-order valence-corrected chi connectivity index (χ1v) is 13.6. The second-order valence-electron chi connectivity index (χ2n) is 10.1. The molecule has 0 saturated heterocycles. The Morgan fingerprint density at radius 1 is 0.905 bits per heavy atom. The number of anilines is 2. The lowest BCUT2D eigenvalue weighted by Crippen LogP contribution is -2.56. The van der Waals surface area contributed by atoms with Gasteiger partial charge in [0, 0.05) is 24.0 Å². The molecule has 0 heterocycles. The summed E-state index contributed by atoms with van der Waals surface area (Å²) in [6.45, 7) is 5.54. The molecule has 0 bridgehead atoms. The number of ether oxygens (including phenoxy) is 2. The average molecular weight is 576 g/mol. The van der Waals surface area contributed by atoms with E-state index in [0.717, 1.165) is 0 Å². The molecule has 3 aromatic carbocycles. The van der Waals surface area contributed by atoms with Crippen LogP contribution in [0.15, 0.2) is 72.8 Å². The Morgan fingerprint density at radius 3 is 1.95 bits per heavy atom. The van der Waals surface area contributed by atoms with Crippen molar-refractivity contribution in [1.82, 2.24) is 0 Å². The number of nitrogens with zero attached hydrogens (tertiary/aromatic N) is 1. The van der Waals surface area contributed by atoms with Gasteiger partial charge in [-0.2, -0.15) is 0 Å². The van der Waals surface area contributed by atoms with Crippen LogP contribution in [-0.4, -0.2) is 46.4 Å². The highest BCUT2D eigenvalue weighted by molar-refractivity contribution is 6.11. The lowest BCUT2D eigenvalue weighted by Gasteiger charge is -2.44. The molecule has 2 amide bonds. The van der Waals surface area contributed by atoms with Crippen molar-refractivity contribution in [2.75, 3.05) is 23.8 Å². The van der Waals surface area contributed by atoms with Gasteiger partial charge in [0.1, 0.15) is 23.2 Å². The summed E-state index contributed by atoms with van der Waals surface area (Å²) >= 11 is 0. The fraction of sp³-hybridized carbons (Fsp3) is 0.323. The number of amides is 2. The van der Waals surface area contributed by atoms with Crippen LogP contribution in [0.3, 0.4) is 0 Å². The molecule has 11 heteroatoms. The van der Waals surface area contributed by atoms with Crippen LogP contribution in [0.1, 0.15) is 38.7 Å². The van der Waals surface area contributed by atoms with Crippen LogP contribution in [0, 0.1) is 22.0 Å². The molecule has 4 unspecified atom stereocenters. The molecule has 4 rings (SSSR count). The monoisotopic (exact) mass is 575 g/mol. The highest BCUT2D eigenvalue weighted by Gasteiger charge is 2.57. The standard InChI is InChI=1S/C31H33N3O8/c1-4-41-24-16-10-7-13-20(24)32-29(36)27-23(35)18-31(3,38)28(26(27)19-12-6-9-15-22(19)34(39)40)30(37)33-21-14-8-11-17-25(21)42-5-2/h6-17,26-28,38H,4-5,18H2,1-3H3,(H,32,36)(H,33,37). The Labute approximate surface area is 243 Å². The molecule has 42 heavy (non-hydrogen) atoms. The first kappa shape index (κ1) is 30.2. The third-order valence-electron chi connectivity index (χ3n) is 7.21. The molecular formula is C31H33N3O8. The second-order valence-corrected chi connectivity index (χ2v) is 10.1. The molecule has 220 valence electrons. The molecule has 11 nitrogen and oxygen atoms in total. The highest BCUT2D eigenvalue weighted by atomic mass is 16.6. The summed E-state index contributed by atoms with van der Waals surface area (Å²) < 4.78 is 11.2. The van der Waals surface area contributed by atoms with Gasteiger partial charge in [0.2, 0.25) is 11.8 Å². The molecule has 0 aromatic heterocycles. The van der Waals surface area contributed by atoms with Crippen molar-refractivity contribution >= 4 is 34.7 Å². The van der Waals surface area contributed by atoms with E-state index in [1.54, 1.807) is 62.4 Å². The predicted octanol–water partition coefficient (Wildman–Crippen LogP) is 4.71. The summed E-state index contributed by atoms with van der Waals surface area (Å²) in [5.74, 6) is -5.79. The summed E-state index contributed by atoms with van der Waals surface area (Å²) in [7, 11) is 0. The van der Waals surface area contributed by atoms with Gasteiger partial charge in [-0.15, -0.1) is 0 Å². The number of nitro groups is 1. The Kier molecular flexibility index (Phi) is 9.21. The zero-order valence-electron chi connectivity index (χ0n) is 23.5. The van der Waals surface area contributed by atoms with Crippen LogP contribution in [0.5, 0.6) is 11.5 Å². The Hall–Kier alpha value is -4.77. The normalized spacial score (nSPS) is 21.7. The van der Waals surface area contributed by atoms with Gasteiger partial charge >= 0.3 is 0 Å². The number of carbonyl (C=O) groups is 3. The number of hydrogen-bond acceptors (Lipinski definition) is 8. The van der Waals surface area contributed by atoms with E-state index < -0.39 is 52.3 Å². The van der Waals surface area contributed by atoms with E-state index in [-0.39, 0.29) is 11.3 Å². The molecule has 0 aliphatic heterocycles. The van der Waals surface area contributed by atoms with Gasteiger partial charge in [0.15, 0.2) is 0 Å². The van der Waals surface area contributed by atoms with E-state index in [9.17, 15) is 29.6 Å². The minimum atomic E-state index is -1.95. The summed E-state index contributed by atoms with van der Waals surface area (Å²) in [6, 6.07) is 19.0. The molecule has 1 aliphatic rings. The van der Waals surface area contributed by atoms with Crippen molar-refractivity contribution < 1.29 is 33.9 Å². The third-order valence-corrected chi connectivity index (χ3v) is 7.21. The summed E-state index contributed by atoms with van der Waals surface area (Å²) in [5, 5.41) is 29.1. The number of ketones is 1. The molecule has 1 aliphatic carbocycles. The van der Waals surface area contributed by atoms with E-state index in [0.29, 0.717) is 36.1 Å². The second kappa shape index (κ2) is 12.8. The number of nitrogens with one attached hydrogen (secondary N) is 2. The van der Waals surface area contributed by atoms with Gasteiger partial charge in [0.05, 0.1) is 41.0 Å². The van der Waals surface area contributed by atoms with Crippen molar-refractivity contribution in [3.63, 3.8) is 0 Å². The number of aliphatic hydroxyl groups is 1. The number of benzene rings is 3. The number of hydrogen-bond donors (Lipinski definition) is 3. The minimum Gasteiger partial charge on any atom is -0.492 e. The number of carbonyl (C=O) groups excluding carboxylic acids is 3. The van der Waals surface area contributed by atoms with Crippen molar-refractivity contribution in [3.05, 3.63) is 88.5 Å². The van der Waals surface area contributed by atoms with E-state index in [1.165, 1.54) is 31.2 Å². The van der Waals surface area contributed by atoms with Crippen LogP contribution < -0.4 is 20.1 Å². The van der Waals surface area contributed by atoms with Crippen molar-refractivity contribution in [2.24, 2.45) is 11.8 Å². The number of para-hydroxylation sites is 5. The Bertz CT molecular complexity index is 1490. The topological polar surface area (TPSA) is 157 Å². The lowest BCUT2D eigenvalue weighted by molar-refractivity contribution is -0.385. The van der Waals surface area contributed by atoms with Crippen molar-refractivity contribution in [2.45, 2.75) is 38.7 Å². The van der Waals surface area contributed by atoms with Gasteiger partial charge < -0.3 is 25.2 Å². The lowest BCUT2D eigenvalue weighted by atomic mass is 9.61. The van der Waals surface area contributed by atoms with Gasteiger partial charge in [0.25, 0.3) is 5.69 Å². The smallest absolute Gasteiger partial charge is 0.272 e. The van der Waals surface area contributed by atoms with Crippen LogP contribution in [0.4, 0.5) is 17.1 Å². The Balaban J connectivity index is 1.84.